The molecule has 1 unspecified atom stereocenters. The van der Waals surface area contributed by atoms with Crippen LogP contribution in [0.1, 0.15) is 11.5 Å². The number of aromatic hydroxyl groups is 2. The lowest BCUT2D eigenvalue weighted by molar-refractivity contribution is -0.141. The SMILES string of the molecule is Cc1nc(C(F)(F)F)cn1-c1ccc(-c2cccc(S(C)=O)c2)cc1-n1nncc1-c1ccc(O)c(O)c1. The van der Waals surface area contributed by atoms with Gasteiger partial charge >= 0.3 is 6.18 Å². The Kier molecular flexibility index (Phi) is 6.27. The van der Waals surface area contributed by atoms with E-state index < -0.39 is 22.7 Å². The zero-order valence-corrected chi connectivity index (χ0v) is 20.8. The Bertz CT molecular complexity index is 1690. The number of aryl methyl sites for hydroxylation is 1. The third kappa shape index (κ3) is 4.65. The molecule has 12 heteroatoms. The molecule has 5 aromatic rings. The summed E-state index contributed by atoms with van der Waals surface area (Å²) in [6, 6.07) is 16.4. The number of hydrogen-bond acceptors (Lipinski definition) is 6. The monoisotopic (exact) mass is 539 g/mol. The van der Waals surface area contributed by atoms with Gasteiger partial charge in [0, 0.05) is 33.7 Å². The van der Waals surface area contributed by atoms with Crippen LogP contribution in [-0.4, -0.2) is 45.2 Å². The fraction of sp³-hybridized carbons (Fsp3) is 0.115. The van der Waals surface area contributed by atoms with Crippen molar-refractivity contribution >= 4 is 10.8 Å². The van der Waals surface area contributed by atoms with E-state index in [-0.39, 0.29) is 17.3 Å². The quantitative estimate of drug-likeness (QED) is 0.295. The van der Waals surface area contributed by atoms with E-state index in [0.29, 0.717) is 33.1 Å². The molecule has 5 rings (SSSR count). The molecule has 3 aromatic carbocycles. The van der Waals surface area contributed by atoms with Crippen molar-refractivity contribution in [2.75, 3.05) is 6.26 Å². The third-order valence-corrected chi connectivity index (χ3v) is 6.87. The van der Waals surface area contributed by atoms with Gasteiger partial charge in [0.15, 0.2) is 17.2 Å². The van der Waals surface area contributed by atoms with Crippen LogP contribution < -0.4 is 0 Å². The summed E-state index contributed by atoms with van der Waals surface area (Å²) in [5.74, 6) is -0.551. The third-order valence-electron chi connectivity index (χ3n) is 5.96. The van der Waals surface area contributed by atoms with Crippen molar-refractivity contribution in [2.45, 2.75) is 18.0 Å². The van der Waals surface area contributed by atoms with Gasteiger partial charge in [0.2, 0.25) is 0 Å². The highest BCUT2D eigenvalue weighted by Crippen LogP contribution is 2.35. The van der Waals surface area contributed by atoms with E-state index in [0.717, 1.165) is 11.8 Å². The van der Waals surface area contributed by atoms with Crippen LogP contribution in [0, 0.1) is 6.92 Å². The van der Waals surface area contributed by atoms with Crippen LogP contribution in [0.2, 0.25) is 0 Å². The minimum absolute atomic E-state index is 0.110. The van der Waals surface area contributed by atoms with E-state index in [1.54, 1.807) is 48.7 Å². The van der Waals surface area contributed by atoms with Crippen LogP contribution in [0.5, 0.6) is 11.5 Å². The second-order valence-electron chi connectivity index (χ2n) is 8.46. The van der Waals surface area contributed by atoms with Gasteiger partial charge in [-0.25, -0.2) is 9.67 Å². The van der Waals surface area contributed by atoms with Crippen LogP contribution in [0.15, 0.2) is 78.0 Å². The highest BCUT2D eigenvalue weighted by atomic mass is 32.2. The first-order valence-electron chi connectivity index (χ1n) is 11.2. The maximum atomic E-state index is 13.4. The predicted octanol–water partition coefficient (Wildman–Crippen LogP) is 5.26. The summed E-state index contributed by atoms with van der Waals surface area (Å²) in [5, 5.41) is 27.9. The standard InChI is InChI=1S/C26H20F3N5O3S/c1-15-31-25(26(27,28)29)14-33(15)20-8-6-17(16-4-3-5-19(10-16)38(2)37)11-21(20)34-22(13-30-32-34)18-7-9-23(35)24(36)12-18/h3-14,35-36H,1-2H3. The number of imidazole rings is 1. The first kappa shape index (κ1) is 25.2. The fourth-order valence-electron chi connectivity index (χ4n) is 4.08. The van der Waals surface area contributed by atoms with Crippen molar-refractivity contribution in [2.24, 2.45) is 0 Å². The number of alkyl halides is 3. The molecule has 0 bridgehead atoms. The molecule has 194 valence electrons. The Labute approximate surface area is 217 Å². The lowest BCUT2D eigenvalue weighted by Gasteiger charge is -2.16. The van der Waals surface area contributed by atoms with Crippen LogP contribution in [0.3, 0.4) is 0 Å². The number of nitrogens with zero attached hydrogens (tertiary/aromatic N) is 5. The van der Waals surface area contributed by atoms with Crippen molar-refractivity contribution < 1.29 is 27.6 Å². The van der Waals surface area contributed by atoms with Gasteiger partial charge in [-0.05, 0) is 60.5 Å². The number of aromatic nitrogens is 5. The van der Waals surface area contributed by atoms with Crippen LogP contribution in [0.25, 0.3) is 33.8 Å². The second kappa shape index (κ2) is 9.45. The highest BCUT2D eigenvalue weighted by molar-refractivity contribution is 7.84. The smallest absolute Gasteiger partial charge is 0.434 e. The zero-order valence-electron chi connectivity index (χ0n) is 20.0. The van der Waals surface area contributed by atoms with Gasteiger partial charge < -0.3 is 14.8 Å². The molecule has 2 heterocycles. The van der Waals surface area contributed by atoms with E-state index in [1.165, 1.54) is 34.5 Å². The van der Waals surface area contributed by atoms with Crippen LogP contribution >= 0.6 is 0 Å². The molecule has 0 amide bonds. The van der Waals surface area contributed by atoms with Gasteiger partial charge in [-0.15, -0.1) is 5.10 Å². The molecule has 0 radical (unpaired) electrons. The molecule has 0 saturated carbocycles. The van der Waals surface area contributed by atoms with Crippen molar-refractivity contribution in [1.82, 2.24) is 24.5 Å². The lowest BCUT2D eigenvalue weighted by Crippen LogP contribution is -2.07. The topological polar surface area (TPSA) is 106 Å². The maximum Gasteiger partial charge on any atom is 0.434 e. The number of benzene rings is 3. The first-order chi connectivity index (χ1) is 18.0. The first-order valence-corrected chi connectivity index (χ1v) is 12.7. The molecule has 2 N–H and O–H groups in total. The molecule has 38 heavy (non-hydrogen) atoms. The Morgan fingerprint density at radius 3 is 2.32 bits per heavy atom. The van der Waals surface area contributed by atoms with Crippen molar-refractivity contribution in [3.63, 3.8) is 0 Å². The van der Waals surface area contributed by atoms with Gasteiger partial charge in [0.05, 0.1) is 23.3 Å². The van der Waals surface area contributed by atoms with Crippen LogP contribution in [-0.2, 0) is 17.0 Å². The van der Waals surface area contributed by atoms with E-state index in [9.17, 15) is 27.6 Å². The molecule has 0 saturated heterocycles. The van der Waals surface area contributed by atoms with E-state index in [1.807, 2.05) is 6.07 Å². The lowest BCUT2D eigenvalue weighted by atomic mass is 10.0. The summed E-state index contributed by atoms with van der Waals surface area (Å²) in [6.07, 6.45) is -0.709. The number of rotatable bonds is 5. The summed E-state index contributed by atoms with van der Waals surface area (Å²) in [5.41, 5.74) is 2.00. The van der Waals surface area contributed by atoms with Gasteiger partial charge in [0.1, 0.15) is 5.82 Å². The Morgan fingerprint density at radius 2 is 1.63 bits per heavy atom. The van der Waals surface area contributed by atoms with Crippen molar-refractivity contribution in [1.29, 1.82) is 0 Å². The minimum atomic E-state index is -4.63. The molecule has 0 aliphatic heterocycles. The van der Waals surface area contributed by atoms with E-state index >= 15 is 0 Å². The van der Waals surface area contributed by atoms with Crippen molar-refractivity contribution in [3.8, 4) is 45.3 Å². The number of phenolic OH excluding ortho intramolecular Hbond substituents is 2. The molecule has 1 atom stereocenters. The Morgan fingerprint density at radius 1 is 0.895 bits per heavy atom. The summed E-state index contributed by atoms with van der Waals surface area (Å²) < 4.78 is 55.1. The normalized spacial score (nSPS) is 12.6. The highest BCUT2D eigenvalue weighted by Gasteiger charge is 2.34. The van der Waals surface area contributed by atoms with Crippen molar-refractivity contribution in [3.05, 3.63) is 84.6 Å². The summed E-state index contributed by atoms with van der Waals surface area (Å²) in [4.78, 5) is 4.31. The maximum absolute atomic E-state index is 13.4. The average Bonchev–Trinajstić information content (AvgIpc) is 3.52. The summed E-state index contributed by atoms with van der Waals surface area (Å²) in [7, 11) is -1.21. The second-order valence-corrected chi connectivity index (χ2v) is 9.84. The fourth-order valence-corrected chi connectivity index (χ4v) is 4.64. The molecular formula is C26H20F3N5O3S. The Balaban J connectivity index is 1.75. The minimum Gasteiger partial charge on any atom is -0.504 e. The number of halogens is 3. The van der Waals surface area contributed by atoms with Gasteiger partial charge in [-0.2, -0.15) is 13.2 Å². The largest absolute Gasteiger partial charge is 0.504 e. The van der Waals surface area contributed by atoms with E-state index in [2.05, 4.69) is 15.3 Å². The average molecular weight is 540 g/mol. The van der Waals surface area contributed by atoms with Gasteiger partial charge in [-0.3, -0.25) is 4.21 Å². The molecule has 0 aliphatic rings. The zero-order chi connectivity index (χ0) is 27.2. The Hall–Kier alpha value is -4.45. The molecule has 0 fully saturated rings. The van der Waals surface area contributed by atoms with Gasteiger partial charge in [-0.1, -0.05) is 23.4 Å². The number of hydrogen-bond donors (Lipinski definition) is 2. The van der Waals surface area contributed by atoms with E-state index in [4.69, 9.17) is 0 Å². The summed E-state index contributed by atoms with van der Waals surface area (Å²) >= 11 is 0. The molecule has 8 nitrogen and oxygen atoms in total. The molecular weight excluding hydrogens is 519 g/mol. The molecule has 0 spiro atoms. The number of phenols is 2. The molecule has 2 aromatic heterocycles. The van der Waals surface area contributed by atoms with Gasteiger partial charge in [0.25, 0.3) is 0 Å². The predicted molar refractivity (Wildman–Crippen MR) is 135 cm³/mol. The van der Waals surface area contributed by atoms with Crippen LogP contribution in [0.4, 0.5) is 13.2 Å². The summed E-state index contributed by atoms with van der Waals surface area (Å²) in [6.45, 7) is 1.47. The molecule has 0 aliphatic carbocycles.